The van der Waals surface area contributed by atoms with Crippen LogP contribution >= 0.6 is 0 Å². The number of ether oxygens (including phenoxy) is 2. The molecule has 1 saturated heterocycles. The number of carbonyl (C=O) groups is 2. The van der Waals surface area contributed by atoms with Crippen molar-refractivity contribution < 1.29 is 28.6 Å². The van der Waals surface area contributed by atoms with Gasteiger partial charge in [-0.25, -0.2) is 14.6 Å². The predicted molar refractivity (Wildman–Crippen MR) is 182 cm³/mol. The number of anilines is 1. The molecule has 48 heavy (non-hydrogen) atoms. The first-order valence-electron chi connectivity index (χ1n) is 16.6. The van der Waals surface area contributed by atoms with Crippen molar-refractivity contribution in [2.75, 3.05) is 39.0 Å². The Kier molecular flexibility index (Phi) is 9.19. The van der Waals surface area contributed by atoms with Crippen molar-refractivity contribution in [3.05, 3.63) is 86.9 Å². The van der Waals surface area contributed by atoms with E-state index < -0.39 is 28.7 Å². The molecule has 3 unspecified atom stereocenters. The lowest BCUT2D eigenvalue weighted by atomic mass is 9.64. The molecule has 0 saturated carbocycles. The highest BCUT2D eigenvalue weighted by atomic mass is 16.6. The smallest absolute Gasteiger partial charge is 0.339 e. The number of nitrogen functional groups attached to an aromatic ring is 1. The fourth-order valence-electron chi connectivity index (χ4n) is 7.29. The van der Waals surface area contributed by atoms with Gasteiger partial charge >= 0.3 is 11.6 Å². The van der Waals surface area contributed by atoms with Gasteiger partial charge in [0.05, 0.1) is 6.42 Å². The predicted octanol–water partition coefficient (Wildman–Crippen LogP) is 3.60. The fraction of sp³-hybridized carbons (Fsp3) is 0.459. The normalized spacial score (nSPS) is 23.6. The molecule has 2 aliphatic heterocycles. The van der Waals surface area contributed by atoms with Gasteiger partial charge in [-0.1, -0.05) is 18.2 Å². The highest BCUT2D eigenvalue weighted by molar-refractivity contribution is 5.88. The van der Waals surface area contributed by atoms with Crippen LogP contribution in [0.4, 0.5) is 5.82 Å². The van der Waals surface area contributed by atoms with Crippen LogP contribution in [-0.4, -0.2) is 71.4 Å². The third kappa shape index (κ3) is 6.01. The maximum absolute atomic E-state index is 13.5. The maximum atomic E-state index is 13.5. The minimum Gasteiger partial charge on any atom is -0.481 e. The van der Waals surface area contributed by atoms with Crippen LogP contribution in [0.1, 0.15) is 61.8 Å². The van der Waals surface area contributed by atoms with Gasteiger partial charge in [-0.05, 0) is 75.5 Å². The number of aryl methyl sites for hydroxylation is 1. The van der Waals surface area contributed by atoms with Gasteiger partial charge in [0, 0.05) is 79.7 Å². The van der Waals surface area contributed by atoms with Crippen molar-refractivity contribution in [1.29, 1.82) is 0 Å². The van der Waals surface area contributed by atoms with Crippen molar-refractivity contribution in [3.63, 3.8) is 0 Å². The first-order chi connectivity index (χ1) is 23.0. The van der Waals surface area contributed by atoms with E-state index in [9.17, 15) is 19.5 Å². The summed E-state index contributed by atoms with van der Waals surface area (Å²) in [5, 5.41) is 13.2. The number of pyridine rings is 1. The molecule has 0 bridgehead atoms. The lowest BCUT2D eigenvalue weighted by Crippen LogP contribution is -2.62. The molecule has 1 fully saturated rings. The number of allylic oxidation sites excluding steroid dienone is 1. The zero-order valence-electron chi connectivity index (χ0n) is 28.0. The lowest BCUT2D eigenvalue weighted by molar-refractivity contribution is -0.182. The minimum absolute atomic E-state index is 0.0100. The zero-order chi connectivity index (χ0) is 34.2. The van der Waals surface area contributed by atoms with Crippen LogP contribution in [0.3, 0.4) is 0 Å². The van der Waals surface area contributed by atoms with Gasteiger partial charge in [0.1, 0.15) is 17.2 Å². The van der Waals surface area contributed by atoms with E-state index in [0.717, 1.165) is 28.6 Å². The van der Waals surface area contributed by atoms with E-state index in [0.29, 0.717) is 73.0 Å². The number of aliphatic hydroxyl groups excluding tert-OH is 1. The molecule has 3 aromatic rings. The van der Waals surface area contributed by atoms with E-state index in [4.69, 9.17) is 19.6 Å². The molecule has 11 nitrogen and oxygen atoms in total. The number of benzene rings is 1. The Labute approximate surface area is 279 Å². The molecule has 2 aromatic heterocycles. The molecule has 1 aliphatic carbocycles. The molecule has 1 amide bonds. The van der Waals surface area contributed by atoms with Crippen LogP contribution in [-0.2, 0) is 33.6 Å². The van der Waals surface area contributed by atoms with E-state index in [-0.39, 0.29) is 18.9 Å². The molecular weight excluding hydrogens is 612 g/mol. The molecule has 1 spiro atoms. The van der Waals surface area contributed by atoms with Crippen LogP contribution in [0.15, 0.2) is 63.5 Å². The Morgan fingerprint density at radius 1 is 1.23 bits per heavy atom. The van der Waals surface area contributed by atoms with Crippen LogP contribution in [0, 0.1) is 5.92 Å². The summed E-state index contributed by atoms with van der Waals surface area (Å²) >= 11 is 0. The van der Waals surface area contributed by atoms with Crippen molar-refractivity contribution in [1.82, 2.24) is 15.2 Å². The lowest BCUT2D eigenvalue weighted by Gasteiger charge is -2.50. The number of fused-ring (bicyclic) bond motifs is 2. The summed E-state index contributed by atoms with van der Waals surface area (Å²) in [4.78, 5) is 45.8. The molecule has 4 N–H and O–H groups in total. The number of aliphatic hydroxyl groups is 1. The number of esters is 1. The summed E-state index contributed by atoms with van der Waals surface area (Å²) in [7, 11) is 1.91. The molecule has 4 heterocycles. The van der Waals surface area contributed by atoms with Crippen molar-refractivity contribution in [2.45, 2.75) is 70.0 Å². The number of nitrogens with two attached hydrogens (primary N) is 1. The van der Waals surface area contributed by atoms with Gasteiger partial charge in [-0.15, -0.1) is 0 Å². The largest absolute Gasteiger partial charge is 0.481 e. The second-order valence-electron chi connectivity index (χ2n) is 13.5. The SMILES string of the molecule is CC=C(C)C(=O)OC1(C)CC=CC(c2cc(N)ncc2CC(=O)N2CC(CNC)C2)C12Cc1cc3cc(CCCO)c(=O)oc3cc1O2. The van der Waals surface area contributed by atoms with Gasteiger partial charge in [-0.3, -0.25) is 4.79 Å². The number of amides is 1. The number of nitrogens with zero attached hydrogens (tertiary/aromatic N) is 2. The molecule has 0 radical (unpaired) electrons. The molecule has 3 atom stereocenters. The number of hydrogen-bond donors (Lipinski definition) is 3. The average molecular weight is 657 g/mol. The summed E-state index contributed by atoms with van der Waals surface area (Å²) in [6, 6.07) is 7.28. The first-order valence-corrected chi connectivity index (χ1v) is 16.6. The zero-order valence-corrected chi connectivity index (χ0v) is 28.0. The van der Waals surface area contributed by atoms with Gasteiger partial charge < -0.3 is 34.9 Å². The van der Waals surface area contributed by atoms with E-state index >= 15 is 0 Å². The number of carbonyl (C=O) groups excluding carboxylic acids is 2. The maximum Gasteiger partial charge on any atom is 0.339 e. The molecule has 1 aromatic carbocycles. The van der Waals surface area contributed by atoms with Gasteiger partial charge in [0.25, 0.3) is 0 Å². The number of hydrogen-bond acceptors (Lipinski definition) is 10. The van der Waals surface area contributed by atoms with Crippen molar-refractivity contribution in [3.8, 4) is 5.75 Å². The number of nitrogens with one attached hydrogen (secondary N) is 1. The fourth-order valence-corrected chi connectivity index (χ4v) is 7.29. The summed E-state index contributed by atoms with van der Waals surface area (Å²) < 4.78 is 19.1. The molecule has 11 heteroatoms. The standard InChI is InChI=1S/C37H44N4O7/c1-5-22(2)34(44)48-36(3)10-6-9-29(28-15-32(38)40-19-27(28)14-33(43)41-20-23(21-41)18-39-4)37(36)17-26-13-25-12-24(8-7-11-42)35(45)46-30(25)16-31(26)47-37/h5-6,9,12-13,15-16,19,23,29,39,42H,7-8,10-11,14,17-18,20-21H2,1-4H3,(H2,38,40). The van der Waals surface area contributed by atoms with Gasteiger partial charge in [-0.2, -0.15) is 0 Å². The highest BCUT2D eigenvalue weighted by Crippen LogP contribution is 2.55. The van der Waals surface area contributed by atoms with Crippen molar-refractivity contribution in [2.24, 2.45) is 5.92 Å². The number of aromatic nitrogens is 1. The molecule has 254 valence electrons. The topological polar surface area (TPSA) is 157 Å². The van der Waals surface area contributed by atoms with Gasteiger partial charge in [0.15, 0.2) is 11.2 Å². The Morgan fingerprint density at radius 3 is 2.75 bits per heavy atom. The van der Waals surface area contributed by atoms with Gasteiger partial charge in [0.2, 0.25) is 5.91 Å². The third-order valence-electron chi connectivity index (χ3n) is 10.2. The number of rotatable bonds is 10. The Morgan fingerprint density at radius 2 is 2.02 bits per heavy atom. The Bertz CT molecular complexity index is 1860. The van der Waals surface area contributed by atoms with Crippen LogP contribution < -0.4 is 21.4 Å². The first kappa shape index (κ1) is 33.4. The monoisotopic (exact) mass is 656 g/mol. The van der Waals surface area contributed by atoms with Crippen LogP contribution in [0.2, 0.25) is 0 Å². The van der Waals surface area contributed by atoms with E-state index in [2.05, 4.69) is 10.3 Å². The Hall–Kier alpha value is -4.48. The molecule has 3 aliphatic rings. The van der Waals surface area contributed by atoms with Crippen molar-refractivity contribution >= 4 is 28.7 Å². The summed E-state index contributed by atoms with van der Waals surface area (Å²) in [5.41, 5.74) is 7.25. The molecule has 6 rings (SSSR count). The molecular formula is C37H44N4O7. The second-order valence-corrected chi connectivity index (χ2v) is 13.5. The van der Waals surface area contributed by atoms with Crippen LogP contribution in [0.5, 0.6) is 5.75 Å². The Balaban J connectivity index is 1.43. The van der Waals surface area contributed by atoms with E-state index in [1.165, 1.54) is 0 Å². The summed E-state index contributed by atoms with van der Waals surface area (Å²) in [6.07, 6.45) is 9.15. The summed E-state index contributed by atoms with van der Waals surface area (Å²) in [6.45, 7) is 7.62. The third-order valence-corrected chi connectivity index (χ3v) is 10.2. The summed E-state index contributed by atoms with van der Waals surface area (Å²) in [5.74, 6) is 0.330. The van der Waals surface area contributed by atoms with E-state index in [1.807, 2.05) is 37.1 Å². The highest BCUT2D eigenvalue weighted by Gasteiger charge is 2.62. The second kappa shape index (κ2) is 13.2. The average Bonchev–Trinajstić information content (AvgIpc) is 3.41. The number of likely N-dealkylation sites (tertiary alicyclic amines) is 1. The van der Waals surface area contributed by atoms with Crippen LogP contribution in [0.25, 0.3) is 11.0 Å². The van der Waals surface area contributed by atoms with E-state index in [1.54, 1.807) is 44.3 Å². The minimum atomic E-state index is -1.15. The quantitative estimate of drug-likeness (QED) is 0.128.